The summed E-state index contributed by atoms with van der Waals surface area (Å²) in [5, 5.41) is 0. The third-order valence-electron chi connectivity index (χ3n) is 1.90. The molecular weight excluding hydrogens is 222 g/mol. The van der Waals surface area contributed by atoms with E-state index in [0.29, 0.717) is 5.88 Å². The second-order valence-electron chi connectivity index (χ2n) is 3.70. The van der Waals surface area contributed by atoms with E-state index in [1.807, 2.05) is 13.8 Å². The zero-order chi connectivity index (χ0) is 12.8. The maximum Gasteiger partial charge on any atom is 0.313 e. The molecule has 92 valence electrons. The molecule has 5 nitrogen and oxygen atoms in total. The van der Waals surface area contributed by atoms with E-state index < -0.39 is 5.97 Å². The Balaban J connectivity index is 2.77. The summed E-state index contributed by atoms with van der Waals surface area (Å²) in [6, 6.07) is 4.86. The molecule has 5 heteroatoms. The molecule has 0 aliphatic carbocycles. The monoisotopic (exact) mass is 237 g/mol. The molecule has 1 aromatic rings. The Morgan fingerprint density at radius 1 is 1.35 bits per heavy atom. The van der Waals surface area contributed by atoms with Crippen LogP contribution in [0.2, 0.25) is 0 Å². The van der Waals surface area contributed by atoms with Gasteiger partial charge in [-0.05, 0) is 19.9 Å². The first-order chi connectivity index (χ1) is 8.02. The van der Waals surface area contributed by atoms with Crippen LogP contribution in [0.3, 0.4) is 0 Å². The van der Waals surface area contributed by atoms with E-state index in [1.54, 1.807) is 18.2 Å². The molecule has 0 radical (unpaired) electrons. The molecule has 0 saturated heterocycles. The maximum atomic E-state index is 11.6. The number of pyridine rings is 1. The fraction of sp³-hybridized carbons (Fsp3) is 0.417. The molecule has 0 fully saturated rings. The molecule has 0 unspecified atom stereocenters. The van der Waals surface area contributed by atoms with E-state index in [2.05, 4.69) is 9.72 Å². The second kappa shape index (κ2) is 5.98. The zero-order valence-electron chi connectivity index (χ0n) is 10.1. The molecule has 0 aliphatic rings. The fourth-order valence-corrected chi connectivity index (χ4v) is 1.17. The summed E-state index contributed by atoms with van der Waals surface area (Å²) < 4.78 is 9.78. The molecule has 0 amide bonds. The molecule has 0 aromatic carbocycles. The first kappa shape index (κ1) is 13.2. The van der Waals surface area contributed by atoms with Crippen LogP contribution in [0.1, 0.15) is 30.8 Å². The summed E-state index contributed by atoms with van der Waals surface area (Å²) in [5.41, 5.74) is 0.202. The number of rotatable bonds is 5. The van der Waals surface area contributed by atoms with E-state index >= 15 is 0 Å². The van der Waals surface area contributed by atoms with E-state index in [4.69, 9.17) is 4.74 Å². The normalized spacial score (nSPS) is 10.1. The minimum atomic E-state index is -0.577. The molecule has 0 spiro atoms. The topological polar surface area (TPSA) is 65.5 Å². The van der Waals surface area contributed by atoms with E-state index in [-0.39, 0.29) is 24.0 Å². The van der Waals surface area contributed by atoms with Crippen molar-refractivity contribution < 1.29 is 19.1 Å². The number of ketones is 1. The minimum Gasteiger partial charge on any atom is -0.475 e. The Morgan fingerprint density at radius 2 is 2.06 bits per heavy atom. The van der Waals surface area contributed by atoms with Crippen LogP contribution in [-0.2, 0) is 9.53 Å². The number of Topliss-reactive ketones (excluding diaryl/α,β-unsaturated/α-hetero) is 1. The molecule has 0 atom stereocenters. The van der Waals surface area contributed by atoms with Gasteiger partial charge in [0.1, 0.15) is 12.1 Å². The summed E-state index contributed by atoms with van der Waals surface area (Å²) in [4.78, 5) is 26.6. The lowest BCUT2D eigenvalue weighted by molar-refractivity contribution is -0.139. The molecule has 0 bridgehead atoms. The van der Waals surface area contributed by atoms with Crippen molar-refractivity contribution in [3.8, 4) is 5.88 Å². The van der Waals surface area contributed by atoms with E-state index in [0.717, 1.165) is 0 Å². The number of carbonyl (C=O) groups is 2. The number of hydrogen-bond donors (Lipinski definition) is 0. The van der Waals surface area contributed by atoms with Gasteiger partial charge in [0, 0.05) is 6.07 Å². The van der Waals surface area contributed by atoms with Crippen LogP contribution in [0.25, 0.3) is 0 Å². The van der Waals surface area contributed by atoms with Gasteiger partial charge in [-0.2, -0.15) is 0 Å². The number of hydrogen-bond acceptors (Lipinski definition) is 5. The quantitative estimate of drug-likeness (QED) is 0.442. The largest absolute Gasteiger partial charge is 0.475 e. The Hall–Kier alpha value is -1.91. The molecule has 1 rings (SSSR count). The van der Waals surface area contributed by atoms with Gasteiger partial charge in [0.25, 0.3) is 0 Å². The molecular formula is C12H15NO4. The average molecular weight is 237 g/mol. The van der Waals surface area contributed by atoms with Crippen LogP contribution in [0.5, 0.6) is 5.88 Å². The highest BCUT2D eigenvalue weighted by Gasteiger charge is 2.14. The summed E-state index contributed by atoms with van der Waals surface area (Å²) in [6.45, 7) is 3.73. The zero-order valence-corrected chi connectivity index (χ0v) is 10.1. The Bertz CT molecular complexity index is 415. The Labute approximate surface area is 99.8 Å². The molecule has 1 heterocycles. The van der Waals surface area contributed by atoms with Crippen LogP contribution in [0.15, 0.2) is 18.2 Å². The number of ether oxygens (including phenoxy) is 2. The average Bonchev–Trinajstić information content (AvgIpc) is 2.28. The highest BCUT2D eigenvalue weighted by molar-refractivity contribution is 6.04. The lowest BCUT2D eigenvalue weighted by Gasteiger charge is -2.09. The van der Waals surface area contributed by atoms with Gasteiger partial charge >= 0.3 is 5.97 Å². The van der Waals surface area contributed by atoms with Crippen molar-refractivity contribution in [1.29, 1.82) is 0 Å². The molecule has 0 saturated carbocycles. The second-order valence-corrected chi connectivity index (χ2v) is 3.70. The van der Waals surface area contributed by atoms with Crippen molar-refractivity contribution in [2.24, 2.45) is 0 Å². The van der Waals surface area contributed by atoms with Gasteiger partial charge in [0.2, 0.25) is 5.88 Å². The van der Waals surface area contributed by atoms with Gasteiger partial charge in [-0.3, -0.25) is 9.59 Å². The van der Waals surface area contributed by atoms with Crippen molar-refractivity contribution in [1.82, 2.24) is 4.98 Å². The number of nitrogens with zero attached hydrogens (tertiary/aromatic N) is 1. The highest BCUT2D eigenvalue weighted by atomic mass is 16.5. The van der Waals surface area contributed by atoms with Gasteiger partial charge in [-0.25, -0.2) is 4.98 Å². The predicted molar refractivity (Wildman–Crippen MR) is 61.0 cm³/mol. The Morgan fingerprint density at radius 3 is 2.65 bits per heavy atom. The van der Waals surface area contributed by atoms with E-state index in [9.17, 15) is 9.59 Å². The maximum absolute atomic E-state index is 11.6. The Kier molecular flexibility index (Phi) is 4.63. The van der Waals surface area contributed by atoms with Crippen LogP contribution in [0.4, 0.5) is 0 Å². The van der Waals surface area contributed by atoms with Crippen LogP contribution in [0, 0.1) is 0 Å². The summed E-state index contributed by atoms with van der Waals surface area (Å²) in [6.07, 6.45) is -0.331. The third kappa shape index (κ3) is 4.22. The number of carbonyl (C=O) groups excluding carboxylic acids is 2. The lowest BCUT2D eigenvalue weighted by atomic mass is 10.2. The predicted octanol–water partition coefficient (Wildman–Crippen LogP) is 1.61. The summed E-state index contributed by atoms with van der Waals surface area (Å²) >= 11 is 0. The molecule has 1 aromatic heterocycles. The SMILES string of the molecule is COC(=O)CC(=O)c1cccc(OC(C)C)n1. The molecule has 0 N–H and O–H groups in total. The lowest BCUT2D eigenvalue weighted by Crippen LogP contribution is -2.12. The van der Waals surface area contributed by atoms with Gasteiger partial charge < -0.3 is 9.47 Å². The van der Waals surface area contributed by atoms with Crippen molar-refractivity contribution in [2.75, 3.05) is 7.11 Å². The van der Waals surface area contributed by atoms with E-state index in [1.165, 1.54) is 7.11 Å². The molecule has 0 aliphatic heterocycles. The summed E-state index contributed by atoms with van der Waals surface area (Å²) in [7, 11) is 1.24. The third-order valence-corrected chi connectivity index (χ3v) is 1.90. The van der Waals surface area contributed by atoms with Crippen molar-refractivity contribution in [2.45, 2.75) is 26.4 Å². The molecule has 17 heavy (non-hydrogen) atoms. The summed E-state index contributed by atoms with van der Waals surface area (Å²) in [5.74, 6) is -0.589. The number of aromatic nitrogens is 1. The fourth-order valence-electron chi connectivity index (χ4n) is 1.17. The number of esters is 1. The van der Waals surface area contributed by atoms with Gasteiger partial charge in [-0.1, -0.05) is 6.07 Å². The first-order valence-electron chi connectivity index (χ1n) is 5.26. The minimum absolute atomic E-state index is 0.0199. The van der Waals surface area contributed by atoms with Crippen molar-refractivity contribution >= 4 is 11.8 Å². The number of methoxy groups -OCH3 is 1. The van der Waals surface area contributed by atoms with Crippen LogP contribution in [-0.4, -0.2) is 30.0 Å². The van der Waals surface area contributed by atoms with Gasteiger partial charge in [0.15, 0.2) is 5.78 Å². The van der Waals surface area contributed by atoms with Gasteiger partial charge in [0.05, 0.1) is 13.2 Å². The van der Waals surface area contributed by atoms with Gasteiger partial charge in [-0.15, -0.1) is 0 Å². The van der Waals surface area contributed by atoms with Crippen molar-refractivity contribution in [3.63, 3.8) is 0 Å². The van der Waals surface area contributed by atoms with Crippen molar-refractivity contribution in [3.05, 3.63) is 23.9 Å². The smallest absolute Gasteiger partial charge is 0.313 e. The van der Waals surface area contributed by atoms with Crippen LogP contribution >= 0.6 is 0 Å². The highest BCUT2D eigenvalue weighted by Crippen LogP contribution is 2.11. The standard InChI is InChI=1S/C12H15NO4/c1-8(2)17-11-6-4-5-9(13-11)10(14)7-12(15)16-3/h4-6,8H,7H2,1-3H3. The first-order valence-corrected chi connectivity index (χ1v) is 5.26. The van der Waals surface area contributed by atoms with Crippen LogP contribution < -0.4 is 4.74 Å².